The summed E-state index contributed by atoms with van der Waals surface area (Å²) in [6, 6.07) is 0. The Morgan fingerprint density at radius 2 is 0.957 bits per heavy atom. The van der Waals surface area contributed by atoms with Gasteiger partial charge in [0.25, 0.3) is 0 Å². The number of aliphatic hydroxyl groups excluding tert-OH is 6. The minimum Gasteiger partial charge on any atom is -0.388 e. The molecular formula is C12H22O9S2. The molecule has 0 aromatic rings. The second-order valence-electron chi connectivity index (χ2n) is 5.53. The average Bonchev–Trinajstić information content (AvgIpc) is 2.55. The van der Waals surface area contributed by atoms with Gasteiger partial charge in [-0.3, -0.25) is 0 Å². The van der Waals surface area contributed by atoms with E-state index >= 15 is 0 Å². The van der Waals surface area contributed by atoms with Gasteiger partial charge in [0, 0.05) is 11.5 Å². The quantitative estimate of drug-likeness (QED) is 0.234. The molecule has 0 saturated carbocycles. The molecular weight excluding hydrogens is 352 g/mol. The first-order valence-electron chi connectivity index (χ1n) is 7.08. The van der Waals surface area contributed by atoms with Crippen molar-refractivity contribution in [1.82, 2.24) is 0 Å². The van der Waals surface area contributed by atoms with E-state index in [1.54, 1.807) is 0 Å². The Labute approximate surface area is 143 Å². The summed E-state index contributed by atoms with van der Waals surface area (Å²) in [7, 11) is 0. The van der Waals surface area contributed by atoms with Crippen molar-refractivity contribution in [2.75, 3.05) is 11.5 Å². The molecule has 4 unspecified atom stereocenters. The number of thiol groups is 2. The summed E-state index contributed by atoms with van der Waals surface area (Å²) in [5.74, 6) is 0.110. The fourth-order valence-corrected chi connectivity index (χ4v) is 3.10. The summed E-state index contributed by atoms with van der Waals surface area (Å²) in [5, 5.41) is 58.9. The molecule has 10 atom stereocenters. The lowest BCUT2D eigenvalue weighted by Crippen LogP contribution is -2.63. The van der Waals surface area contributed by atoms with Gasteiger partial charge < -0.3 is 44.8 Å². The molecule has 2 saturated heterocycles. The predicted octanol–water partition coefficient (Wildman–Crippen LogP) is -3.52. The highest BCUT2D eigenvalue weighted by Crippen LogP contribution is 2.28. The third-order valence-electron chi connectivity index (χ3n) is 3.97. The van der Waals surface area contributed by atoms with Gasteiger partial charge in [-0.25, -0.2) is 0 Å². The van der Waals surface area contributed by atoms with Crippen molar-refractivity contribution in [3.8, 4) is 0 Å². The minimum absolute atomic E-state index is 0.0550. The van der Waals surface area contributed by atoms with E-state index in [-0.39, 0.29) is 11.5 Å². The molecule has 0 aromatic carbocycles. The standard InChI is InChI=1S/C12H22O9S2/c13-5-3(1-22)19-11(9(17)7(5)15)21-12-10(18)8(16)6(14)4(2-23)20-12/h3-18,22-23H,1-2H2/t3-,4?,5-,6-,7?,8+,9?,10?,11-,12-/m1/s1. The fraction of sp³-hybridized carbons (Fsp3) is 1.00. The lowest BCUT2D eigenvalue weighted by atomic mass is 9.98. The van der Waals surface area contributed by atoms with E-state index < -0.39 is 61.4 Å². The van der Waals surface area contributed by atoms with Gasteiger partial charge in [-0.2, -0.15) is 25.3 Å². The second-order valence-corrected chi connectivity index (χ2v) is 6.26. The maximum atomic E-state index is 9.93. The van der Waals surface area contributed by atoms with Crippen LogP contribution in [0.2, 0.25) is 0 Å². The Morgan fingerprint density at radius 1 is 0.609 bits per heavy atom. The molecule has 0 bridgehead atoms. The van der Waals surface area contributed by atoms with Crippen LogP contribution in [0, 0.1) is 0 Å². The van der Waals surface area contributed by atoms with E-state index in [0.717, 1.165) is 0 Å². The van der Waals surface area contributed by atoms with E-state index in [4.69, 9.17) is 14.2 Å². The molecule has 2 fully saturated rings. The normalized spacial score (nSPS) is 51.7. The van der Waals surface area contributed by atoms with E-state index in [2.05, 4.69) is 25.3 Å². The number of aliphatic hydroxyl groups is 6. The molecule has 6 N–H and O–H groups in total. The zero-order chi connectivity index (χ0) is 17.3. The summed E-state index contributed by atoms with van der Waals surface area (Å²) in [5.41, 5.74) is 0. The van der Waals surface area contributed by atoms with Crippen LogP contribution >= 0.6 is 25.3 Å². The predicted molar refractivity (Wildman–Crippen MR) is 82.2 cm³/mol. The number of rotatable bonds is 4. The van der Waals surface area contributed by atoms with E-state index in [1.807, 2.05) is 0 Å². The Balaban J connectivity index is 2.07. The number of hydrogen-bond acceptors (Lipinski definition) is 11. The molecule has 11 heteroatoms. The van der Waals surface area contributed by atoms with Gasteiger partial charge in [-0.1, -0.05) is 0 Å². The molecule has 9 nitrogen and oxygen atoms in total. The molecule has 23 heavy (non-hydrogen) atoms. The van der Waals surface area contributed by atoms with Crippen LogP contribution in [0.3, 0.4) is 0 Å². The molecule has 0 aliphatic carbocycles. The van der Waals surface area contributed by atoms with Crippen LogP contribution < -0.4 is 0 Å². The number of hydrogen-bond donors (Lipinski definition) is 8. The molecule has 2 aliphatic rings. The summed E-state index contributed by atoms with van der Waals surface area (Å²) in [6.07, 6.45) is -13.6. The van der Waals surface area contributed by atoms with Crippen LogP contribution in [0.25, 0.3) is 0 Å². The SMILES string of the molecule is OC1C(O)[C@H](O)[C@@H](CS)O[C@@H]1O[C@H]1OC(CS)[C@@H](O)[C@H](O)C1O. The van der Waals surface area contributed by atoms with Gasteiger partial charge in [0.15, 0.2) is 12.6 Å². The van der Waals surface area contributed by atoms with Crippen molar-refractivity contribution >= 4 is 25.3 Å². The third kappa shape index (κ3) is 3.96. The summed E-state index contributed by atoms with van der Waals surface area (Å²) >= 11 is 7.95. The fourth-order valence-electron chi connectivity index (χ4n) is 2.49. The molecule has 136 valence electrons. The van der Waals surface area contributed by atoms with Gasteiger partial charge in [-0.05, 0) is 0 Å². The van der Waals surface area contributed by atoms with Crippen molar-refractivity contribution in [1.29, 1.82) is 0 Å². The van der Waals surface area contributed by atoms with Crippen LogP contribution in [-0.2, 0) is 14.2 Å². The van der Waals surface area contributed by atoms with Gasteiger partial charge in [-0.15, -0.1) is 0 Å². The summed E-state index contributed by atoms with van der Waals surface area (Å²) in [6.45, 7) is 0. The molecule has 0 spiro atoms. The van der Waals surface area contributed by atoms with Gasteiger partial charge in [0.05, 0.1) is 12.2 Å². The van der Waals surface area contributed by atoms with E-state index in [9.17, 15) is 30.6 Å². The molecule has 0 aromatic heterocycles. The Kier molecular flexibility index (Phi) is 6.96. The van der Waals surface area contributed by atoms with Gasteiger partial charge >= 0.3 is 0 Å². The Hall–Kier alpha value is 0.340. The van der Waals surface area contributed by atoms with E-state index in [1.165, 1.54) is 0 Å². The number of ether oxygens (including phenoxy) is 3. The van der Waals surface area contributed by atoms with Crippen LogP contribution in [0.5, 0.6) is 0 Å². The zero-order valence-corrected chi connectivity index (χ0v) is 13.8. The van der Waals surface area contributed by atoms with Gasteiger partial charge in [0.2, 0.25) is 0 Å². The first-order chi connectivity index (χ1) is 10.8. The minimum atomic E-state index is -1.60. The maximum Gasteiger partial charge on any atom is 0.189 e. The van der Waals surface area contributed by atoms with Crippen molar-refractivity contribution in [2.24, 2.45) is 0 Å². The van der Waals surface area contributed by atoms with Gasteiger partial charge in [0.1, 0.15) is 36.6 Å². The second kappa shape index (κ2) is 8.15. The smallest absolute Gasteiger partial charge is 0.189 e. The van der Waals surface area contributed by atoms with Crippen LogP contribution in [0.4, 0.5) is 0 Å². The molecule has 2 aliphatic heterocycles. The highest BCUT2D eigenvalue weighted by atomic mass is 32.1. The van der Waals surface area contributed by atoms with E-state index in [0.29, 0.717) is 0 Å². The first-order valence-corrected chi connectivity index (χ1v) is 8.34. The van der Waals surface area contributed by atoms with Crippen LogP contribution in [-0.4, -0.2) is 104 Å². The lowest BCUT2D eigenvalue weighted by molar-refractivity contribution is -0.369. The summed E-state index contributed by atoms with van der Waals surface area (Å²) in [4.78, 5) is 0. The Bertz CT molecular complexity index is 352. The topological polar surface area (TPSA) is 149 Å². The first kappa shape index (κ1) is 19.7. The average molecular weight is 374 g/mol. The molecule has 0 radical (unpaired) electrons. The molecule has 0 amide bonds. The highest BCUT2D eigenvalue weighted by Gasteiger charge is 2.49. The third-order valence-corrected chi connectivity index (χ3v) is 4.68. The van der Waals surface area contributed by atoms with Crippen LogP contribution in [0.1, 0.15) is 0 Å². The lowest BCUT2D eigenvalue weighted by Gasteiger charge is -2.44. The Morgan fingerprint density at radius 3 is 1.26 bits per heavy atom. The highest BCUT2D eigenvalue weighted by molar-refractivity contribution is 7.80. The molecule has 2 heterocycles. The van der Waals surface area contributed by atoms with Crippen molar-refractivity contribution in [3.63, 3.8) is 0 Å². The van der Waals surface area contributed by atoms with Crippen molar-refractivity contribution in [2.45, 2.75) is 61.4 Å². The summed E-state index contributed by atoms with van der Waals surface area (Å²) < 4.78 is 15.9. The monoisotopic (exact) mass is 374 g/mol. The van der Waals surface area contributed by atoms with Crippen LogP contribution in [0.15, 0.2) is 0 Å². The molecule has 2 rings (SSSR count). The zero-order valence-electron chi connectivity index (χ0n) is 12.0. The van der Waals surface area contributed by atoms with Crippen molar-refractivity contribution in [3.05, 3.63) is 0 Å². The van der Waals surface area contributed by atoms with Crippen molar-refractivity contribution < 1.29 is 44.8 Å². The maximum absolute atomic E-state index is 9.93. The largest absolute Gasteiger partial charge is 0.388 e.